The van der Waals surface area contributed by atoms with Crippen molar-refractivity contribution >= 4 is 27.3 Å². The minimum absolute atomic E-state index is 0.0175. The van der Waals surface area contributed by atoms with Crippen LogP contribution in [0.15, 0.2) is 48.5 Å². The molecule has 1 atom stereocenters. The molecule has 2 rings (SSSR count). The van der Waals surface area contributed by atoms with Gasteiger partial charge in [0.05, 0.1) is 17.5 Å². The highest BCUT2D eigenvalue weighted by molar-refractivity contribution is 7.92. The maximum Gasteiger partial charge on any atom is 0.573 e. The number of hydrogen-bond acceptors (Lipinski definition) is 4. The zero-order valence-electron chi connectivity index (χ0n) is 16.0. The molecule has 0 aromatic heterocycles. The van der Waals surface area contributed by atoms with Gasteiger partial charge >= 0.3 is 12.5 Å². The smallest absolute Gasteiger partial charge is 0.406 e. The molecule has 0 saturated carbocycles. The molecule has 1 N–H and O–H groups in total. The van der Waals surface area contributed by atoms with Crippen LogP contribution in [-0.4, -0.2) is 33.0 Å². The third-order valence-corrected chi connectivity index (χ3v) is 5.11. The van der Waals surface area contributed by atoms with E-state index in [2.05, 4.69) is 10.1 Å². The van der Waals surface area contributed by atoms with Gasteiger partial charge in [0.1, 0.15) is 11.8 Å². The summed E-state index contributed by atoms with van der Waals surface area (Å²) in [7, 11) is -4.18. The number of alkyl halides is 6. The molecule has 0 aliphatic carbocycles. The number of rotatable bonds is 6. The molecule has 6 nitrogen and oxygen atoms in total. The highest BCUT2D eigenvalue weighted by Gasteiger charge is 2.34. The summed E-state index contributed by atoms with van der Waals surface area (Å²) in [5.74, 6) is -1.47. The highest BCUT2D eigenvalue weighted by Crippen LogP contribution is 2.33. The van der Waals surface area contributed by atoms with Crippen molar-refractivity contribution in [3.8, 4) is 5.75 Å². The summed E-state index contributed by atoms with van der Waals surface area (Å²) in [5, 5.41) is 2.29. The molecular weight excluding hydrogens is 454 g/mol. The van der Waals surface area contributed by atoms with Crippen LogP contribution >= 0.6 is 0 Å². The van der Waals surface area contributed by atoms with Gasteiger partial charge in [0.2, 0.25) is 15.9 Å². The Kier molecular flexibility index (Phi) is 6.78. The molecule has 170 valence electrons. The van der Waals surface area contributed by atoms with E-state index in [0.29, 0.717) is 10.4 Å². The van der Waals surface area contributed by atoms with Crippen molar-refractivity contribution < 1.29 is 44.3 Å². The van der Waals surface area contributed by atoms with Crippen molar-refractivity contribution in [2.75, 3.05) is 15.9 Å². The normalized spacial score (nSPS) is 13.4. The molecule has 0 bridgehead atoms. The van der Waals surface area contributed by atoms with Crippen LogP contribution in [0.2, 0.25) is 0 Å². The Morgan fingerprint density at radius 3 is 2.10 bits per heavy atom. The van der Waals surface area contributed by atoms with Crippen molar-refractivity contribution in [1.82, 2.24) is 0 Å². The summed E-state index contributed by atoms with van der Waals surface area (Å²) in [6, 6.07) is 5.98. The number of halogens is 6. The predicted molar refractivity (Wildman–Crippen MR) is 100.0 cm³/mol. The molecule has 13 heteroatoms. The molecule has 0 radical (unpaired) electrons. The van der Waals surface area contributed by atoms with E-state index < -0.39 is 45.8 Å². The van der Waals surface area contributed by atoms with Gasteiger partial charge in [-0.25, -0.2) is 8.42 Å². The first kappa shape index (κ1) is 24.3. The van der Waals surface area contributed by atoms with E-state index in [-0.39, 0.29) is 11.4 Å². The highest BCUT2D eigenvalue weighted by atomic mass is 32.2. The lowest BCUT2D eigenvalue weighted by Gasteiger charge is -2.28. The van der Waals surface area contributed by atoms with Crippen molar-refractivity contribution in [3.63, 3.8) is 0 Å². The molecule has 2 aromatic carbocycles. The number of benzene rings is 2. The largest absolute Gasteiger partial charge is 0.573 e. The average molecular weight is 470 g/mol. The monoisotopic (exact) mass is 470 g/mol. The maximum absolute atomic E-state index is 13.0. The van der Waals surface area contributed by atoms with Crippen LogP contribution in [0.3, 0.4) is 0 Å². The molecule has 0 aliphatic heterocycles. The van der Waals surface area contributed by atoms with Gasteiger partial charge in [0, 0.05) is 5.69 Å². The van der Waals surface area contributed by atoms with Gasteiger partial charge < -0.3 is 10.1 Å². The van der Waals surface area contributed by atoms with E-state index in [4.69, 9.17) is 0 Å². The lowest BCUT2D eigenvalue weighted by atomic mass is 10.1. The predicted octanol–water partition coefficient (Wildman–Crippen LogP) is 4.40. The Balaban J connectivity index is 2.26. The van der Waals surface area contributed by atoms with E-state index in [9.17, 15) is 39.6 Å². The molecule has 0 saturated heterocycles. The lowest BCUT2D eigenvalue weighted by Crippen LogP contribution is -2.45. The molecule has 1 amide bonds. The van der Waals surface area contributed by atoms with Gasteiger partial charge in [-0.15, -0.1) is 13.2 Å². The van der Waals surface area contributed by atoms with Crippen LogP contribution in [0.5, 0.6) is 5.75 Å². The van der Waals surface area contributed by atoms with Gasteiger partial charge in [-0.1, -0.05) is 6.07 Å². The maximum atomic E-state index is 13.0. The number of anilines is 2. The number of carbonyl (C=O) groups excluding carboxylic acids is 1. The Hall–Kier alpha value is -2.96. The first-order valence-corrected chi connectivity index (χ1v) is 10.3. The fourth-order valence-electron chi connectivity index (χ4n) is 2.61. The minimum atomic E-state index is -4.90. The summed E-state index contributed by atoms with van der Waals surface area (Å²) >= 11 is 0. The fourth-order valence-corrected chi connectivity index (χ4v) is 3.78. The van der Waals surface area contributed by atoms with Crippen LogP contribution in [0.25, 0.3) is 0 Å². The summed E-state index contributed by atoms with van der Waals surface area (Å²) < 4.78 is 104. The summed E-state index contributed by atoms with van der Waals surface area (Å²) in [6.07, 6.45) is -8.91. The van der Waals surface area contributed by atoms with Gasteiger partial charge in [-0.05, 0) is 49.4 Å². The second kappa shape index (κ2) is 8.65. The van der Waals surface area contributed by atoms with E-state index in [1.54, 1.807) is 0 Å². The van der Waals surface area contributed by atoms with Crippen LogP contribution < -0.4 is 14.4 Å². The minimum Gasteiger partial charge on any atom is -0.406 e. The molecule has 0 aliphatic rings. The zero-order chi connectivity index (χ0) is 23.6. The number of hydrogen-bond donors (Lipinski definition) is 1. The van der Waals surface area contributed by atoms with Gasteiger partial charge in [-0.3, -0.25) is 9.10 Å². The van der Waals surface area contributed by atoms with Gasteiger partial charge in [-0.2, -0.15) is 13.2 Å². The third kappa shape index (κ3) is 6.77. The zero-order valence-corrected chi connectivity index (χ0v) is 16.8. The molecule has 31 heavy (non-hydrogen) atoms. The molecule has 0 heterocycles. The third-order valence-electron chi connectivity index (χ3n) is 3.87. The molecule has 0 spiro atoms. The first-order valence-electron chi connectivity index (χ1n) is 8.41. The number of ether oxygens (including phenoxy) is 1. The van der Waals surface area contributed by atoms with E-state index in [0.717, 1.165) is 55.6 Å². The topological polar surface area (TPSA) is 75.7 Å². The Morgan fingerprint density at radius 1 is 1.03 bits per heavy atom. The number of nitrogens with one attached hydrogen (secondary N) is 1. The number of carbonyl (C=O) groups is 1. The van der Waals surface area contributed by atoms with Crippen LogP contribution in [0.4, 0.5) is 37.7 Å². The van der Waals surface area contributed by atoms with Crippen molar-refractivity contribution in [2.45, 2.75) is 25.5 Å². The van der Waals surface area contributed by atoms with Gasteiger partial charge in [0.25, 0.3) is 0 Å². The van der Waals surface area contributed by atoms with Crippen molar-refractivity contribution in [2.24, 2.45) is 0 Å². The van der Waals surface area contributed by atoms with E-state index in [1.807, 2.05) is 0 Å². The SMILES string of the molecule is C[C@@H](C(=O)Nc1ccc(OC(F)(F)F)cc1)N(c1cccc(C(F)(F)F)c1)S(C)(=O)=O. The van der Waals surface area contributed by atoms with Gasteiger partial charge in [0.15, 0.2) is 0 Å². The fraction of sp³-hybridized carbons (Fsp3) is 0.278. The van der Waals surface area contributed by atoms with E-state index >= 15 is 0 Å². The summed E-state index contributed by atoms with van der Waals surface area (Å²) in [5.41, 5.74) is -1.47. The number of amides is 1. The Labute approximate surface area is 173 Å². The molecule has 0 fully saturated rings. The number of sulfonamides is 1. The van der Waals surface area contributed by atoms with Crippen LogP contribution in [0, 0.1) is 0 Å². The van der Waals surface area contributed by atoms with Crippen molar-refractivity contribution in [3.05, 3.63) is 54.1 Å². The second-order valence-electron chi connectivity index (χ2n) is 6.34. The molecule has 0 unspecified atom stereocenters. The van der Waals surface area contributed by atoms with E-state index in [1.165, 1.54) is 0 Å². The Morgan fingerprint density at radius 2 is 1.61 bits per heavy atom. The standard InChI is InChI=1S/C18H16F6N2O4S/c1-11(16(27)25-13-6-8-15(9-7-13)30-18(22,23)24)26(31(2,28)29)14-5-3-4-12(10-14)17(19,20)21/h3-11H,1-2H3,(H,25,27)/t11-/m0/s1. The quantitative estimate of drug-likeness (QED) is 0.636. The molecule has 2 aromatic rings. The van der Waals surface area contributed by atoms with Crippen LogP contribution in [0.1, 0.15) is 12.5 Å². The second-order valence-corrected chi connectivity index (χ2v) is 8.20. The summed E-state index contributed by atoms with van der Waals surface area (Å²) in [4.78, 5) is 12.5. The molecular formula is C18H16F6N2O4S. The average Bonchev–Trinajstić information content (AvgIpc) is 2.60. The van der Waals surface area contributed by atoms with Crippen molar-refractivity contribution in [1.29, 1.82) is 0 Å². The lowest BCUT2D eigenvalue weighted by molar-refractivity contribution is -0.274. The number of nitrogens with zero attached hydrogens (tertiary/aromatic N) is 1. The summed E-state index contributed by atoms with van der Waals surface area (Å²) in [6.45, 7) is 1.15. The Bertz CT molecular complexity index is 1040. The first-order chi connectivity index (χ1) is 14.1. The van der Waals surface area contributed by atoms with Crippen LogP contribution in [-0.2, 0) is 21.0 Å².